The third-order valence-electron chi connectivity index (χ3n) is 2.84. The van der Waals surface area contributed by atoms with E-state index in [1.165, 1.54) is 0 Å². The Kier molecular flexibility index (Phi) is 3.99. The summed E-state index contributed by atoms with van der Waals surface area (Å²) >= 11 is 12.2. The number of nitrogens with two attached hydrogens (primary N) is 1. The second-order valence-electron chi connectivity index (χ2n) is 4.26. The van der Waals surface area contributed by atoms with Gasteiger partial charge in [-0.3, -0.25) is 0 Å². The number of hydrogen-bond acceptors (Lipinski definition) is 4. The second-order valence-corrected chi connectivity index (χ2v) is 5.08. The lowest BCUT2D eigenvalue weighted by molar-refractivity contribution is 0.179. The number of hydrogen-bond donors (Lipinski definition) is 2. The molecule has 2 rings (SSSR count). The van der Waals surface area contributed by atoms with Crippen molar-refractivity contribution in [3.8, 4) is 0 Å². The number of piperazine rings is 1. The number of rotatable bonds is 2. The number of hydrazine groups is 1. The van der Waals surface area contributed by atoms with E-state index in [9.17, 15) is 0 Å². The molecule has 0 unspecified atom stereocenters. The number of likely N-dealkylation sites (N-methyl/N-ethyl adjacent to an activating group) is 1. The fourth-order valence-electron chi connectivity index (χ4n) is 1.78. The van der Waals surface area contributed by atoms with Gasteiger partial charge in [-0.25, -0.2) is 5.01 Å². The molecule has 0 aliphatic carbocycles. The van der Waals surface area contributed by atoms with Crippen LogP contribution in [0.4, 0.5) is 11.4 Å². The standard InChI is InChI=1S/C11H16Cl2N4/c1-16-2-4-17(5-3-16)15-11-9(12)6-8(14)7-10(11)13/h6-7,15H,2-5,14H2,1H3. The average molecular weight is 275 g/mol. The van der Waals surface area contributed by atoms with Crippen LogP contribution in [0.5, 0.6) is 0 Å². The van der Waals surface area contributed by atoms with Crippen molar-refractivity contribution in [2.24, 2.45) is 0 Å². The third kappa shape index (κ3) is 3.16. The number of nitrogens with one attached hydrogen (secondary N) is 1. The Morgan fingerprint density at radius 1 is 1.12 bits per heavy atom. The minimum atomic E-state index is 0.550. The van der Waals surface area contributed by atoms with Gasteiger partial charge in [-0.2, -0.15) is 0 Å². The Hall–Kier alpha value is -0.680. The van der Waals surface area contributed by atoms with Gasteiger partial charge in [-0.15, -0.1) is 0 Å². The largest absolute Gasteiger partial charge is 0.399 e. The fourth-order valence-corrected chi connectivity index (χ4v) is 2.36. The topological polar surface area (TPSA) is 44.5 Å². The maximum Gasteiger partial charge on any atom is 0.0866 e. The molecule has 0 aromatic heterocycles. The summed E-state index contributed by atoms with van der Waals surface area (Å²) in [6.07, 6.45) is 0. The first-order valence-corrected chi connectivity index (χ1v) is 6.26. The van der Waals surface area contributed by atoms with E-state index in [2.05, 4.69) is 22.4 Å². The molecule has 0 atom stereocenters. The summed E-state index contributed by atoms with van der Waals surface area (Å²) in [7, 11) is 2.11. The normalized spacial score (nSPS) is 18.3. The lowest BCUT2D eigenvalue weighted by atomic mass is 10.3. The van der Waals surface area contributed by atoms with Crippen LogP contribution in [0.15, 0.2) is 12.1 Å². The average Bonchev–Trinajstić information content (AvgIpc) is 2.26. The predicted molar refractivity (Wildman–Crippen MR) is 73.6 cm³/mol. The van der Waals surface area contributed by atoms with Crippen molar-refractivity contribution in [3.05, 3.63) is 22.2 Å². The van der Waals surface area contributed by atoms with Crippen molar-refractivity contribution in [1.29, 1.82) is 0 Å². The molecule has 1 aliphatic rings. The van der Waals surface area contributed by atoms with Crippen LogP contribution in [0, 0.1) is 0 Å². The first-order valence-electron chi connectivity index (χ1n) is 5.51. The first kappa shape index (κ1) is 12.8. The molecule has 94 valence electrons. The summed E-state index contributed by atoms with van der Waals surface area (Å²) in [5.74, 6) is 0. The van der Waals surface area contributed by atoms with Crippen LogP contribution >= 0.6 is 23.2 Å². The molecule has 0 radical (unpaired) electrons. The highest BCUT2D eigenvalue weighted by atomic mass is 35.5. The molecule has 3 N–H and O–H groups in total. The highest BCUT2D eigenvalue weighted by Crippen LogP contribution is 2.33. The lowest BCUT2D eigenvalue weighted by Gasteiger charge is -2.33. The van der Waals surface area contributed by atoms with E-state index in [0.717, 1.165) is 31.9 Å². The maximum absolute atomic E-state index is 6.12. The van der Waals surface area contributed by atoms with Gasteiger partial charge in [0.15, 0.2) is 0 Å². The van der Waals surface area contributed by atoms with Crippen LogP contribution in [0.3, 0.4) is 0 Å². The van der Waals surface area contributed by atoms with E-state index >= 15 is 0 Å². The van der Waals surface area contributed by atoms with Gasteiger partial charge in [0.1, 0.15) is 0 Å². The molecule has 0 amide bonds. The van der Waals surface area contributed by atoms with Crippen LogP contribution < -0.4 is 11.2 Å². The van der Waals surface area contributed by atoms with Crippen LogP contribution in [0.2, 0.25) is 10.0 Å². The Labute approximate surface area is 111 Å². The fraction of sp³-hybridized carbons (Fsp3) is 0.455. The van der Waals surface area contributed by atoms with E-state index in [0.29, 0.717) is 15.7 Å². The maximum atomic E-state index is 6.12. The van der Waals surface area contributed by atoms with Crippen molar-refractivity contribution in [2.45, 2.75) is 0 Å². The minimum absolute atomic E-state index is 0.550. The molecule has 4 nitrogen and oxygen atoms in total. The summed E-state index contributed by atoms with van der Waals surface area (Å²) < 4.78 is 0. The number of halogens is 2. The van der Waals surface area contributed by atoms with E-state index in [1.807, 2.05) is 0 Å². The minimum Gasteiger partial charge on any atom is -0.399 e. The molecule has 17 heavy (non-hydrogen) atoms. The summed E-state index contributed by atoms with van der Waals surface area (Å²) in [6, 6.07) is 3.40. The Morgan fingerprint density at radius 2 is 1.65 bits per heavy atom. The molecule has 0 bridgehead atoms. The van der Waals surface area contributed by atoms with Crippen molar-refractivity contribution in [1.82, 2.24) is 9.91 Å². The molecule has 1 saturated heterocycles. The SMILES string of the molecule is CN1CCN(Nc2c(Cl)cc(N)cc2Cl)CC1. The van der Waals surface area contributed by atoms with Gasteiger partial charge in [0, 0.05) is 31.9 Å². The number of benzene rings is 1. The highest BCUT2D eigenvalue weighted by molar-refractivity contribution is 6.39. The van der Waals surface area contributed by atoms with Crippen molar-refractivity contribution < 1.29 is 0 Å². The first-order chi connectivity index (χ1) is 8.06. The number of nitrogen functional groups attached to an aromatic ring is 1. The molecule has 6 heteroatoms. The van der Waals surface area contributed by atoms with Gasteiger partial charge >= 0.3 is 0 Å². The Balaban J connectivity index is 2.08. The zero-order chi connectivity index (χ0) is 12.4. The lowest BCUT2D eigenvalue weighted by Crippen LogP contribution is -2.47. The van der Waals surface area contributed by atoms with Gasteiger partial charge in [0.05, 0.1) is 15.7 Å². The van der Waals surface area contributed by atoms with Crippen LogP contribution in [0.25, 0.3) is 0 Å². The van der Waals surface area contributed by atoms with E-state index in [-0.39, 0.29) is 0 Å². The third-order valence-corrected chi connectivity index (χ3v) is 3.43. The molecule has 1 aromatic carbocycles. The summed E-state index contributed by atoms with van der Waals surface area (Å²) in [6.45, 7) is 3.93. The van der Waals surface area contributed by atoms with Crippen molar-refractivity contribution >= 4 is 34.6 Å². The molecule has 1 aromatic rings. The van der Waals surface area contributed by atoms with E-state index in [1.54, 1.807) is 12.1 Å². The smallest absolute Gasteiger partial charge is 0.0866 e. The molecule has 0 spiro atoms. The summed E-state index contributed by atoms with van der Waals surface area (Å²) in [5.41, 5.74) is 10.2. The van der Waals surface area contributed by atoms with Crippen molar-refractivity contribution in [3.63, 3.8) is 0 Å². The number of nitrogens with zero attached hydrogens (tertiary/aromatic N) is 2. The van der Waals surface area contributed by atoms with Crippen molar-refractivity contribution in [2.75, 3.05) is 44.4 Å². The molecule has 1 fully saturated rings. The van der Waals surface area contributed by atoms with Gasteiger partial charge in [-0.05, 0) is 19.2 Å². The molecule has 0 saturated carbocycles. The van der Waals surface area contributed by atoms with Gasteiger partial charge in [0.2, 0.25) is 0 Å². The number of anilines is 2. The molecule has 1 heterocycles. The Morgan fingerprint density at radius 3 is 2.18 bits per heavy atom. The van der Waals surface area contributed by atoms with Crippen LogP contribution in [-0.4, -0.2) is 43.1 Å². The Bertz CT molecular complexity index is 379. The highest BCUT2D eigenvalue weighted by Gasteiger charge is 2.16. The molecular formula is C11H16Cl2N4. The van der Waals surface area contributed by atoms with Gasteiger partial charge in [0.25, 0.3) is 0 Å². The van der Waals surface area contributed by atoms with Crippen LogP contribution in [-0.2, 0) is 0 Å². The predicted octanol–water partition coefficient (Wildman–Crippen LogP) is 2.15. The zero-order valence-corrected chi connectivity index (χ0v) is 11.2. The van der Waals surface area contributed by atoms with Gasteiger partial charge in [-0.1, -0.05) is 23.2 Å². The van der Waals surface area contributed by atoms with E-state index < -0.39 is 0 Å². The summed E-state index contributed by atoms with van der Waals surface area (Å²) in [4.78, 5) is 2.28. The monoisotopic (exact) mass is 274 g/mol. The van der Waals surface area contributed by atoms with Gasteiger partial charge < -0.3 is 16.1 Å². The molecule has 1 aliphatic heterocycles. The zero-order valence-electron chi connectivity index (χ0n) is 9.71. The van der Waals surface area contributed by atoms with E-state index in [4.69, 9.17) is 28.9 Å². The second kappa shape index (κ2) is 5.31. The summed E-state index contributed by atoms with van der Waals surface area (Å²) in [5, 5.41) is 3.21. The quantitative estimate of drug-likeness (QED) is 0.812. The van der Waals surface area contributed by atoms with Crippen LogP contribution in [0.1, 0.15) is 0 Å². The molecular weight excluding hydrogens is 259 g/mol.